The Hall–Kier alpha value is -0.380. The number of hydrogen-bond donors (Lipinski definition) is 1. The van der Waals surface area contributed by atoms with Crippen LogP contribution in [-0.4, -0.2) is 18.7 Å². The quantitative estimate of drug-likeness (QED) is 0.899. The van der Waals surface area contributed by atoms with Gasteiger partial charge in [-0.1, -0.05) is 35.0 Å². The van der Waals surface area contributed by atoms with Crippen molar-refractivity contribution < 1.29 is 4.74 Å². The van der Waals surface area contributed by atoms with Crippen molar-refractivity contribution in [3.8, 4) is 0 Å². The van der Waals surface area contributed by atoms with Crippen LogP contribution in [0.25, 0.3) is 0 Å². The van der Waals surface area contributed by atoms with Crippen LogP contribution in [0.1, 0.15) is 38.4 Å². The average molecular weight is 298 g/mol. The van der Waals surface area contributed by atoms with Gasteiger partial charge in [0.05, 0.1) is 6.10 Å². The van der Waals surface area contributed by atoms with Gasteiger partial charge in [-0.05, 0) is 37.5 Å². The molecule has 0 aliphatic carbocycles. The summed E-state index contributed by atoms with van der Waals surface area (Å²) in [5, 5.41) is 3.63. The van der Waals surface area contributed by atoms with E-state index in [0.29, 0.717) is 0 Å². The third-order valence-electron chi connectivity index (χ3n) is 3.71. The molecule has 1 aliphatic heterocycles. The van der Waals surface area contributed by atoms with Crippen LogP contribution in [0.15, 0.2) is 28.7 Å². The van der Waals surface area contributed by atoms with E-state index >= 15 is 0 Å². The van der Waals surface area contributed by atoms with Crippen molar-refractivity contribution in [3.63, 3.8) is 0 Å². The second-order valence-electron chi connectivity index (χ2n) is 4.96. The van der Waals surface area contributed by atoms with Crippen molar-refractivity contribution in [2.45, 2.75) is 38.3 Å². The second-order valence-corrected chi connectivity index (χ2v) is 5.87. The maximum Gasteiger partial charge on any atom is 0.0949 e. The molecule has 17 heavy (non-hydrogen) atoms. The highest BCUT2D eigenvalue weighted by Gasteiger charge is 2.27. The molecule has 0 radical (unpaired) electrons. The molecular weight excluding hydrogens is 278 g/mol. The average Bonchev–Trinajstić information content (AvgIpc) is 2.53. The smallest absolute Gasteiger partial charge is 0.0949 e. The lowest BCUT2D eigenvalue weighted by Crippen LogP contribution is -2.42. The molecule has 1 aromatic rings. The third kappa shape index (κ3) is 3.30. The van der Waals surface area contributed by atoms with Crippen LogP contribution in [0.2, 0.25) is 0 Å². The van der Waals surface area contributed by atoms with E-state index in [1.54, 1.807) is 0 Å². The Morgan fingerprint density at radius 2 is 2.12 bits per heavy atom. The Balaban J connectivity index is 2.06. The molecule has 1 saturated heterocycles. The van der Waals surface area contributed by atoms with Gasteiger partial charge >= 0.3 is 0 Å². The topological polar surface area (TPSA) is 21.3 Å². The fraction of sp³-hybridized carbons (Fsp3) is 0.571. The van der Waals surface area contributed by atoms with Crippen molar-refractivity contribution in [3.05, 3.63) is 34.3 Å². The van der Waals surface area contributed by atoms with E-state index < -0.39 is 0 Å². The molecule has 2 nitrogen and oxygen atoms in total. The minimum absolute atomic E-state index is 0.177. The number of nitrogens with one attached hydrogen (secondary N) is 1. The Bertz CT molecular complexity index is 365. The van der Waals surface area contributed by atoms with Gasteiger partial charge in [0.2, 0.25) is 0 Å². The van der Waals surface area contributed by atoms with Crippen LogP contribution < -0.4 is 5.32 Å². The fourth-order valence-electron chi connectivity index (χ4n) is 2.11. The molecular formula is C14H20BrNO. The first-order valence-electron chi connectivity index (χ1n) is 6.25. The van der Waals surface area contributed by atoms with Crippen molar-refractivity contribution >= 4 is 15.9 Å². The molecule has 1 heterocycles. The molecule has 3 heteroatoms. The minimum atomic E-state index is 0.177. The van der Waals surface area contributed by atoms with E-state index in [4.69, 9.17) is 4.74 Å². The van der Waals surface area contributed by atoms with E-state index in [2.05, 4.69) is 59.4 Å². The summed E-state index contributed by atoms with van der Waals surface area (Å²) in [5.41, 5.74) is 1.48. The first kappa shape index (κ1) is 13.1. The highest BCUT2D eigenvalue weighted by molar-refractivity contribution is 9.10. The van der Waals surface area contributed by atoms with Gasteiger partial charge in [-0.3, -0.25) is 0 Å². The molecule has 2 rings (SSSR count). The fourth-order valence-corrected chi connectivity index (χ4v) is 2.37. The number of ether oxygens (including phenoxy) is 1. The van der Waals surface area contributed by atoms with Gasteiger partial charge in [-0.15, -0.1) is 0 Å². The molecule has 1 aliphatic rings. The summed E-state index contributed by atoms with van der Waals surface area (Å²) in [4.78, 5) is 0. The molecule has 2 atom stereocenters. The Morgan fingerprint density at radius 3 is 2.76 bits per heavy atom. The van der Waals surface area contributed by atoms with Crippen LogP contribution in [0.5, 0.6) is 0 Å². The third-order valence-corrected chi connectivity index (χ3v) is 4.24. The molecule has 0 bridgehead atoms. The van der Waals surface area contributed by atoms with Crippen LogP contribution >= 0.6 is 15.9 Å². The summed E-state index contributed by atoms with van der Waals surface area (Å²) >= 11 is 3.46. The van der Waals surface area contributed by atoms with Crippen LogP contribution in [0.4, 0.5) is 0 Å². The number of rotatable bonds is 2. The van der Waals surface area contributed by atoms with E-state index in [1.165, 1.54) is 5.56 Å². The van der Waals surface area contributed by atoms with Gasteiger partial charge in [-0.2, -0.15) is 0 Å². The Morgan fingerprint density at radius 1 is 1.41 bits per heavy atom. The zero-order valence-electron chi connectivity index (χ0n) is 10.5. The first-order valence-corrected chi connectivity index (χ1v) is 7.04. The SMILES string of the molecule is CCC1(C)CCOC(c2ccc(Br)cc2)CN1. The molecule has 2 unspecified atom stereocenters. The number of hydrogen-bond acceptors (Lipinski definition) is 2. The molecule has 1 fully saturated rings. The molecule has 94 valence electrons. The van der Waals surface area contributed by atoms with Crippen LogP contribution in [-0.2, 0) is 4.74 Å². The van der Waals surface area contributed by atoms with Gasteiger partial charge in [0.25, 0.3) is 0 Å². The van der Waals surface area contributed by atoms with Crippen molar-refractivity contribution in [1.29, 1.82) is 0 Å². The maximum absolute atomic E-state index is 5.95. The lowest BCUT2D eigenvalue weighted by atomic mass is 9.95. The minimum Gasteiger partial charge on any atom is -0.372 e. The van der Waals surface area contributed by atoms with Gasteiger partial charge in [-0.25, -0.2) is 0 Å². The predicted molar refractivity (Wildman–Crippen MR) is 74.2 cm³/mol. The van der Waals surface area contributed by atoms with Crippen molar-refractivity contribution in [2.75, 3.05) is 13.2 Å². The lowest BCUT2D eigenvalue weighted by Gasteiger charge is -2.27. The summed E-state index contributed by atoms with van der Waals surface area (Å²) < 4.78 is 7.06. The monoisotopic (exact) mass is 297 g/mol. The summed E-state index contributed by atoms with van der Waals surface area (Å²) in [6.45, 7) is 6.23. The van der Waals surface area contributed by atoms with Gasteiger partial charge in [0.15, 0.2) is 0 Å². The van der Waals surface area contributed by atoms with E-state index in [-0.39, 0.29) is 11.6 Å². The zero-order valence-corrected chi connectivity index (χ0v) is 12.1. The van der Waals surface area contributed by atoms with Crippen LogP contribution in [0.3, 0.4) is 0 Å². The summed E-state index contributed by atoms with van der Waals surface area (Å²) in [5.74, 6) is 0. The summed E-state index contributed by atoms with van der Waals surface area (Å²) in [6, 6.07) is 8.40. The molecule has 1 N–H and O–H groups in total. The Labute approximate surface area is 112 Å². The summed E-state index contributed by atoms with van der Waals surface area (Å²) in [7, 11) is 0. The van der Waals surface area contributed by atoms with Gasteiger partial charge in [0.1, 0.15) is 0 Å². The predicted octanol–water partition coefficient (Wildman–Crippen LogP) is 3.67. The van der Waals surface area contributed by atoms with Crippen molar-refractivity contribution in [1.82, 2.24) is 5.32 Å². The van der Waals surface area contributed by atoms with Gasteiger partial charge < -0.3 is 10.1 Å². The lowest BCUT2D eigenvalue weighted by molar-refractivity contribution is 0.0653. The molecule has 0 aromatic heterocycles. The largest absolute Gasteiger partial charge is 0.372 e. The first-order chi connectivity index (χ1) is 8.13. The maximum atomic E-state index is 5.95. The van der Waals surface area contributed by atoms with Crippen LogP contribution in [0, 0.1) is 0 Å². The summed E-state index contributed by atoms with van der Waals surface area (Å²) in [6.07, 6.45) is 2.40. The number of benzene rings is 1. The van der Waals surface area contributed by atoms with E-state index in [1.807, 2.05) is 0 Å². The van der Waals surface area contributed by atoms with E-state index in [9.17, 15) is 0 Å². The molecule has 0 spiro atoms. The molecule has 0 saturated carbocycles. The van der Waals surface area contributed by atoms with Gasteiger partial charge in [0, 0.05) is 23.2 Å². The Kier molecular flexibility index (Phi) is 4.23. The highest BCUT2D eigenvalue weighted by atomic mass is 79.9. The van der Waals surface area contributed by atoms with Crippen molar-refractivity contribution in [2.24, 2.45) is 0 Å². The van der Waals surface area contributed by atoms with E-state index in [0.717, 1.165) is 30.5 Å². The zero-order chi connectivity index (χ0) is 12.3. The molecule has 1 aromatic carbocycles. The highest BCUT2D eigenvalue weighted by Crippen LogP contribution is 2.25. The standard InChI is InChI=1S/C14H20BrNO/c1-3-14(2)8-9-17-13(10-16-14)11-4-6-12(15)7-5-11/h4-7,13,16H,3,8-10H2,1-2H3. The molecule has 0 amide bonds. The normalized spacial score (nSPS) is 29.9. The number of halogens is 1. The second kappa shape index (κ2) is 5.51.